The molecule has 0 fully saturated rings. The number of aliphatic hydroxyl groups excluding tert-OH is 2. The molecular formula is C13H18N4O4. The summed E-state index contributed by atoms with van der Waals surface area (Å²) in [5, 5.41) is 19.9. The Morgan fingerprint density at radius 3 is 2.71 bits per heavy atom. The Labute approximate surface area is 120 Å². The van der Waals surface area contributed by atoms with Gasteiger partial charge in [0, 0.05) is 11.9 Å². The molecule has 0 spiro atoms. The molecule has 8 nitrogen and oxygen atoms in total. The summed E-state index contributed by atoms with van der Waals surface area (Å²) >= 11 is 0. The van der Waals surface area contributed by atoms with Crippen molar-refractivity contribution < 1.29 is 10.2 Å². The zero-order valence-corrected chi connectivity index (χ0v) is 11.9. The highest BCUT2D eigenvalue weighted by Crippen LogP contribution is 2.15. The Hall–Kier alpha value is -2.06. The molecule has 2 rings (SSSR count). The second-order valence-corrected chi connectivity index (χ2v) is 4.98. The first-order valence-corrected chi connectivity index (χ1v) is 6.76. The van der Waals surface area contributed by atoms with Crippen LogP contribution in [0.3, 0.4) is 0 Å². The molecule has 0 unspecified atom stereocenters. The largest absolute Gasteiger partial charge is 0.390 e. The lowest BCUT2D eigenvalue weighted by Gasteiger charge is -2.22. The number of hydrogen-bond donors (Lipinski definition) is 3. The summed E-state index contributed by atoms with van der Waals surface area (Å²) < 4.78 is 1.52. The molecule has 0 bridgehead atoms. The molecule has 0 saturated carbocycles. The van der Waals surface area contributed by atoms with Crippen LogP contribution in [-0.2, 0) is 6.54 Å². The molecule has 0 saturated heterocycles. The van der Waals surface area contributed by atoms with Gasteiger partial charge in [-0.15, -0.1) is 0 Å². The number of fused-ring (bicyclic) bond motifs is 1. The van der Waals surface area contributed by atoms with E-state index >= 15 is 0 Å². The molecule has 0 amide bonds. The molecule has 2 atom stereocenters. The number of rotatable bonds is 5. The predicted octanol–water partition coefficient (Wildman–Crippen LogP) is -0.738. The Kier molecular flexibility index (Phi) is 4.49. The highest BCUT2D eigenvalue weighted by molar-refractivity contribution is 5.49. The summed E-state index contributed by atoms with van der Waals surface area (Å²) in [6.07, 6.45) is 0.767. The van der Waals surface area contributed by atoms with Crippen molar-refractivity contribution in [1.29, 1.82) is 0 Å². The summed E-state index contributed by atoms with van der Waals surface area (Å²) in [6.45, 7) is 3.65. The SMILES string of the molecule is CCC[C@@H](O)[C@@H](O)Cn1c(C)cnc2c(=O)[nH]c(=O)nc1-2. The van der Waals surface area contributed by atoms with Crippen LogP contribution in [-0.4, -0.2) is 41.9 Å². The lowest BCUT2D eigenvalue weighted by atomic mass is 10.1. The van der Waals surface area contributed by atoms with Gasteiger partial charge in [-0.3, -0.25) is 9.78 Å². The molecular weight excluding hydrogens is 276 g/mol. The monoisotopic (exact) mass is 294 g/mol. The highest BCUT2D eigenvalue weighted by Gasteiger charge is 2.21. The first kappa shape index (κ1) is 15.3. The number of hydrogen-bond acceptors (Lipinski definition) is 6. The summed E-state index contributed by atoms with van der Waals surface area (Å²) in [5.74, 6) is 0.103. The number of aromatic amines is 1. The van der Waals surface area contributed by atoms with E-state index in [4.69, 9.17) is 0 Å². The van der Waals surface area contributed by atoms with E-state index in [1.54, 1.807) is 6.92 Å². The molecule has 0 aromatic carbocycles. The fourth-order valence-corrected chi connectivity index (χ4v) is 2.16. The minimum Gasteiger partial charge on any atom is -0.390 e. The summed E-state index contributed by atoms with van der Waals surface area (Å²) in [7, 11) is 0. The van der Waals surface area contributed by atoms with E-state index in [0.717, 1.165) is 6.42 Å². The molecule has 0 aliphatic carbocycles. The van der Waals surface area contributed by atoms with Crippen molar-refractivity contribution in [1.82, 2.24) is 19.5 Å². The van der Waals surface area contributed by atoms with Crippen molar-refractivity contribution in [2.24, 2.45) is 0 Å². The minimum atomic E-state index is -1.02. The maximum absolute atomic E-state index is 11.7. The van der Waals surface area contributed by atoms with Crippen LogP contribution in [0.25, 0.3) is 11.5 Å². The third-order valence-electron chi connectivity index (χ3n) is 3.31. The van der Waals surface area contributed by atoms with Gasteiger partial charge in [0.25, 0.3) is 5.56 Å². The van der Waals surface area contributed by atoms with E-state index < -0.39 is 23.5 Å². The van der Waals surface area contributed by atoms with Crippen molar-refractivity contribution in [3.63, 3.8) is 0 Å². The molecule has 0 radical (unpaired) electrons. The van der Waals surface area contributed by atoms with Crippen LogP contribution in [0.2, 0.25) is 0 Å². The van der Waals surface area contributed by atoms with Gasteiger partial charge in [0.2, 0.25) is 0 Å². The lowest BCUT2D eigenvalue weighted by Crippen LogP contribution is -2.34. The smallest absolute Gasteiger partial charge is 0.349 e. The average molecular weight is 294 g/mol. The number of H-pyrrole nitrogens is 1. The normalized spacial score (nSPS) is 14.3. The van der Waals surface area contributed by atoms with Crippen LogP contribution in [0.1, 0.15) is 25.5 Å². The summed E-state index contributed by atoms with van der Waals surface area (Å²) in [4.78, 5) is 32.8. The summed E-state index contributed by atoms with van der Waals surface area (Å²) in [5.41, 5.74) is -0.736. The van der Waals surface area contributed by atoms with E-state index in [1.165, 1.54) is 10.8 Å². The second kappa shape index (κ2) is 6.15. The number of aromatic nitrogens is 4. The number of aliphatic hydroxyl groups is 2. The van der Waals surface area contributed by atoms with Crippen molar-refractivity contribution in [3.8, 4) is 11.5 Å². The van der Waals surface area contributed by atoms with Crippen molar-refractivity contribution in [2.45, 2.75) is 45.4 Å². The Balaban J connectivity index is 2.46. The van der Waals surface area contributed by atoms with E-state index in [-0.39, 0.29) is 18.1 Å². The standard InChI is InChI=1S/C13H18N4O4/c1-3-4-8(18)9(19)6-17-7(2)5-14-10-11(17)15-13(21)16-12(10)20/h5,8-9,18-19H,3-4,6H2,1-2H3,(H,16,20,21)/t8-,9+/m1/s1. The Morgan fingerprint density at radius 2 is 2.05 bits per heavy atom. The molecule has 0 aromatic rings. The minimum absolute atomic E-state index is 0.0254. The molecule has 8 heteroatoms. The lowest BCUT2D eigenvalue weighted by molar-refractivity contribution is 0.00427. The molecule has 21 heavy (non-hydrogen) atoms. The van der Waals surface area contributed by atoms with Crippen LogP contribution in [0.4, 0.5) is 0 Å². The third-order valence-corrected chi connectivity index (χ3v) is 3.31. The zero-order chi connectivity index (χ0) is 15.6. The molecule has 0 aromatic heterocycles. The molecule has 3 N–H and O–H groups in total. The van der Waals surface area contributed by atoms with Crippen molar-refractivity contribution in [2.75, 3.05) is 0 Å². The van der Waals surface area contributed by atoms with Crippen LogP contribution in [0, 0.1) is 6.92 Å². The van der Waals surface area contributed by atoms with Crippen LogP contribution >= 0.6 is 0 Å². The second-order valence-electron chi connectivity index (χ2n) is 4.98. The maximum atomic E-state index is 11.7. The molecule has 2 heterocycles. The number of nitrogens with zero attached hydrogens (tertiary/aromatic N) is 3. The molecule has 114 valence electrons. The van der Waals surface area contributed by atoms with Gasteiger partial charge in [-0.1, -0.05) is 13.3 Å². The Bertz CT molecular complexity index is 708. The Morgan fingerprint density at radius 1 is 1.33 bits per heavy atom. The predicted molar refractivity (Wildman–Crippen MR) is 75.2 cm³/mol. The van der Waals surface area contributed by atoms with E-state index in [2.05, 4.69) is 9.97 Å². The first-order valence-electron chi connectivity index (χ1n) is 6.76. The fraction of sp³-hybridized carbons (Fsp3) is 0.538. The third kappa shape index (κ3) is 3.17. The highest BCUT2D eigenvalue weighted by atomic mass is 16.3. The molecule has 2 aliphatic rings. The maximum Gasteiger partial charge on any atom is 0.349 e. The van der Waals surface area contributed by atoms with Gasteiger partial charge in [0.1, 0.15) is 0 Å². The van der Waals surface area contributed by atoms with Gasteiger partial charge < -0.3 is 14.8 Å². The van der Waals surface area contributed by atoms with Crippen LogP contribution < -0.4 is 11.2 Å². The zero-order valence-electron chi connectivity index (χ0n) is 11.9. The summed E-state index contributed by atoms with van der Waals surface area (Å²) in [6, 6.07) is 0. The number of aryl methyl sites for hydroxylation is 1. The molecule has 2 aliphatic heterocycles. The van der Waals surface area contributed by atoms with E-state index in [9.17, 15) is 19.8 Å². The average Bonchev–Trinajstić information content (AvgIpc) is 2.42. The topological polar surface area (TPSA) is 121 Å². The van der Waals surface area contributed by atoms with Gasteiger partial charge in [-0.05, 0) is 13.3 Å². The van der Waals surface area contributed by atoms with Gasteiger partial charge in [0.15, 0.2) is 11.5 Å². The first-order chi connectivity index (χ1) is 9.93. The van der Waals surface area contributed by atoms with Crippen LogP contribution in [0.15, 0.2) is 15.8 Å². The van der Waals surface area contributed by atoms with Gasteiger partial charge in [-0.2, -0.15) is 4.98 Å². The van der Waals surface area contributed by atoms with Gasteiger partial charge in [0.05, 0.1) is 18.8 Å². The van der Waals surface area contributed by atoms with E-state index in [1.807, 2.05) is 11.9 Å². The van der Waals surface area contributed by atoms with E-state index in [0.29, 0.717) is 12.1 Å². The van der Waals surface area contributed by atoms with Crippen molar-refractivity contribution >= 4 is 0 Å². The number of nitrogens with one attached hydrogen (secondary N) is 1. The van der Waals surface area contributed by atoms with Gasteiger partial charge in [-0.25, -0.2) is 9.78 Å². The van der Waals surface area contributed by atoms with Crippen LogP contribution in [0.5, 0.6) is 0 Å². The fourth-order valence-electron chi connectivity index (χ4n) is 2.16. The quantitative estimate of drug-likeness (QED) is 0.668. The van der Waals surface area contributed by atoms with Gasteiger partial charge >= 0.3 is 5.69 Å². The van der Waals surface area contributed by atoms with Crippen molar-refractivity contribution in [3.05, 3.63) is 32.7 Å².